The first-order valence-corrected chi connectivity index (χ1v) is 8.86. The molecule has 2 amide bonds. The molecule has 0 unspecified atom stereocenters. The van der Waals surface area contributed by atoms with Crippen molar-refractivity contribution < 1.29 is 4.79 Å². The monoisotopic (exact) mass is 408 g/mol. The van der Waals surface area contributed by atoms with Crippen molar-refractivity contribution in [2.24, 2.45) is 0 Å². The Morgan fingerprint density at radius 3 is 2.58 bits per heavy atom. The fourth-order valence-corrected chi connectivity index (χ4v) is 2.90. The molecule has 1 heterocycles. The van der Waals surface area contributed by atoms with Crippen molar-refractivity contribution in [1.82, 2.24) is 9.78 Å². The van der Waals surface area contributed by atoms with Crippen LogP contribution in [0.15, 0.2) is 48.5 Å². The van der Waals surface area contributed by atoms with Crippen LogP contribution in [0, 0.1) is 6.92 Å². The summed E-state index contributed by atoms with van der Waals surface area (Å²) in [6, 6.07) is 13.7. The van der Waals surface area contributed by atoms with Gasteiger partial charge in [0.15, 0.2) is 5.82 Å². The summed E-state index contributed by atoms with van der Waals surface area (Å²) in [6.07, 6.45) is 0. The molecule has 0 saturated heterocycles. The first-order chi connectivity index (χ1) is 12.4. The predicted molar refractivity (Wildman–Crippen MR) is 107 cm³/mol. The van der Waals surface area contributed by atoms with E-state index in [2.05, 4.69) is 15.7 Å². The van der Waals surface area contributed by atoms with Gasteiger partial charge in [-0.25, -0.2) is 4.79 Å². The molecule has 0 aliphatic carbocycles. The van der Waals surface area contributed by atoms with Gasteiger partial charge in [0.25, 0.3) is 0 Å². The Balaban J connectivity index is 1.67. The van der Waals surface area contributed by atoms with E-state index < -0.39 is 6.03 Å². The Morgan fingerprint density at radius 1 is 1.04 bits per heavy atom. The third-order valence-electron chi connectivity index (χ3n) is 3.62. The summed E-state index contributed by atoms with van der Waals surface area (Å²) in [5.74, 6) is 0.446. The van der Waals surface area contributed by atoms with E-state index in [0.717, 1.165) is 11.3 Å². The van der Waals surface area contributed by atoms with Gasteiger partial charge in [0, 0.05) is 22.5 Å². The van der Waals surface area contributed by atoms with Crippen LogP contribution in [0.3, 0.4) is 0 Å². The largest absolute Gasteiger partial charge is 0.324 e. The maximum atomic E-state index is 12.1. The summed E-state index contributed by atoms with van der Waals surface area (Å²) >= 11 is 17.9. The summed E-state index contributed by atoms with van der Waals surface area (Å²) in [7, 11) is 0. The van der Waals surface area contributed by atoms with Crippen LogP contribution in [0.2, 0.25) is 15.1 Å². The lowest BCUT2D eigenvalue weighted by molar-refractivity contribution is 0.262. The Bertz CT molecular complexity index is 955. The number of aromatic nitrogens is 2. The standard InChI is InChI=1S/C18H15Cl3N4O/c1-11-7-17(23-18(26)22-14-4-2-3-13(19)9-14)24-25(11)10-12-5-6-15(20)16(21)8-12/h2-9H,10H2,1H3,(H2,22,23,24,26). The molecule has 0 aliphatic rings. The minimum Gasteiger partial charge on any atom is -0.308 e. The van der Waals surface area contributed by atoms with E-state index in [1.165, 1.54) is 0 Å². The van der Waals surface area contributed by atoms with Crippen LogP contribution >= 0.6 is 34.8 Å². The number of urea groups is 1. The number of nitrogens with zero attached hydrogens (tertiary/aromatic N) is 2. The summed E-state index contributed by atoms with van der Waals surface area (Å²) in [4.78, 5) is 12.1. The summed E-state index contributed by atoms with van der Waals surface area (Å²) in [5, 5.41) is 11.4. The zero-order chi connectivity index (χ0) is 18.7. The van der Waals surface area contributed by atoms with Gasteiger partial charge in [-0.15, -0.1) is 0 Å². The first-order valence-electron chi connectivity index (χ1n) is 7.72. The van der Waals surface area contributed by atoms with E-state index in [1.807, 2.05) is 13.0 Å². The van der Waals surface area contributed by atoms with Gasteiger partial charge in [-0.05, 0) is 42.8 Å². The highest BCUT2D eigenvalue weighted by atomic mass is 35.5. The highest BCUT2D eigenvalue weighted by Gasteiger charge is 2.09. The van der Waals surface area contributed by atoms with E-state index in [0.29, 0.717) is 33.1 Å². The van der Waals surface area contributed by atoms with Gasteiger partial charge in [-0.2, -0.15) is 5.10 Å². The maximum Gasteiger partial charge on any atom is 0.324 e. The number of hydrogen-bond acceptors (Lipinski definition) is 2. The number of nitrogens with one attached hydrogen (secondary N) is 2. The third kappa shape index (κ3) is 4.69. The van der Waals surface area contributed by atoms with E-state index >= 15 is 0 Å². The minimum absolute atomic E-state index is 0.397. The van der Waals surface area contributed by atoms with Crippen molar-refractivity contribution in [2.75, 3.05) is 10.6 Å². The normalized spacial score (nSPS) is 10.6. The summed E-state index contributed by atoms with van der Waals surface area (Å²) in [5.41, 5.74) is 2.46. The number of carbonyl (C=O) groups excluding carboxylic acids is 1. The number of carbonyl (C=O) groups is 1. The smallest absolute Gasteiger partial charge is 0.308 e. The van der Waals surface area contributed by atoms with Crippen LogP contribution in [0.25, 0.3) is 0 Å². The average Bonchev–Trinajstić information content (AvgIpc) is 2.90. The fraction of sp³-hybridized carbons (Fsp3) is 0.111. The predicted octanol–water partition coefficient (Wildman–Crippen LogP) is 5.84. The maximum absolute atomic E-state index is 12.1. The molecular formula is C18H15Cl3N4O. The number of rotatable bonds is 4. The molecule has 8 heteroatoms. The van der Waals surface area contributed by atoms with Crippen LogP contribution in [0.1, 0.15) is 11.3 Å². The number of amides is 2. The van der Waals surface area contributed by atoms with Crippen molar-refractivity contribution in [3.8, 4) is 0 Å². The van der Waals surface area contributed by atoms with Crippen LogP contribution in [0.4, 0.5) is 16.3 Å². The van der Waals surface area contributed by atoms with Crippen molar-refractivity contribution in [3.63, 3.8) is 0 Å². The molecule has 26 heavy (non-hydrogen) atoms. The van der Waals surface area contributed by atoms with Crippen molar-refractivity contribution in [1.29, 1.82) is 0 Å². The lowest BCUT2D eigenvalue weighted by Gasteiger charge is -2.07. The number of halogens is 3. The molecule has 0 bridgehead atoms. The van der Waals surface area contributed by atoms with E-state index in [1.54, 1.807) is 47.1 Å². The molecule has 5 nitrogen and oxygen atoms in total. The van der Waals surface area contributed by atoms with E-state index in [9.17, 15) is 4.79 Å². The average molecular weight is 410 g/mol. The van der Waals surface area contributed by atoms with Crippen molar-refractivity contribution >= 4 is 52.3 Å². The Labute approximate surface area is 165 Å². The van der Waals surface area contributed by atoms with Gasteiger partial charge >= 0.3 is 6.03 Å². The number of aryl methyl sites for hydroxylation is 1. The van der Waals surface area contributed by atoms with Gasteiger partial charge in [-0.3, -0.25) is 10.00 Å². The first kappa shape index (κ1) is 18.6. The molecule has 0 atom stereocenters. The Morgan fingerprint density at radius 2 is 1.85 bits per heavy atom. The Hall–Kier alpha value is -2.21. The molecule has 134 valence electrons. The second-order valence-corrected chi connectivity index (χ2v) is 6.92. The second-order valence-electron chi connectivity index (χ2n) is 5.67. The molecule has 2 aromatic carbocycles. The molecule has 0 spiro atoms. The molecule has 0 radical (unpaired) electrons. The number of hydrogen-bond donors (Lipinski definition) is 2. The molecule has 3 rings (SSSR count). The second kappa shape index (κ2) is 7.99. The Kier molecular flexibility index (Phi) is 5.71. The van der Waals surface area contributed by atoms with Crippen LogP contribution in [-0.4, -0.2) is 15.8 Å². The third-order valence-corrected chi connectivity index (χ3v) is 4.60. The minimum atomic E-state index is -0.397. The zero-order valence-corrected chi connectivity index (χ0v) is 16.0. The highest BCUT2D eigenvalue weighted by Crippen LogP contribution is 2.23. The number of anilines is 2. The topological polar surface area (TPSA) is 59.0 Å². The molecule has 0 aliphatic heterocycles. The molecule has 0 saturated carbocycles. The molecule has 1 aromatic heterocycles. The lowest BCUT2D eigenvalue weighted by atomic mass is 10.2. The van der Waals surface area contributed by atoms with Gasteiger partial charge in [0.05, 0.1) is 16.6 Å². The molecule has 2 N–H and O–H groups in total. The highest BCUT2D eigenvalue weighted by molar-refractivity contribution is 6.42. The summed E-state index contributed by atoms with van der Waals surface area (Å²) in [6.45, 7) is 2.42. The number of benzene rings is 2. The van der Waals surface area contributed by atoms with Gasteiger partial charge in [-0.1, -0.05) is 46.9 Å². The SMILES string of the molecule is Cc1cc(NC(=O)Nc2cccc(Cl)c2)nn1Cc1ccc(Cl)c(Cl)c1. The van der Waals surface area contributed by atoms with Gasteiger partial charge < -0.3 is 5.32 Å². The van der Waals surface area contributed by atoms with Crippen molar-refractivity contribution in [2.45, 2.75) is 13.5 Å². The van der Waals surface area contributed by atoms with E-state index in [-0.39, 0.29) is 0 Å². The molecule has 0 fully saturated rings. The molecular weight excluding hydrogens is 395 g/mol. The quantitative estimate of drug-likeness (QED) is 0.568. The van der Waals surface area contributed by atoms with Crippen LogP contribution in [0.5, 0.6) is 0 Å². The summed E-state index contributed by atoms with van der Waals surface area (Å²) < 4.78 is 1.77. The zero-order valence-electron chi connectivity index (χ0n) is 13.8. The van der Waals surface area contributed by atoms with Crippen LogP contribution < -0.4 is 10.6 Å². The van der Waals surface area contributed by atoms with Crippen LogP contribution in [-0.2, 0) is 6.54 Å². The van der Waals surface area contributed by atoms with Crippen molar-refractivity contribution in [3.05, 3.63) is 74.9 Å². The van der Waals surface area contributed by atoms with Gasteiger partial charge in [0.1, 0.15) is 0 Å². The van der Waals surface area contributed by atoms with E-state index in [4.69, 9.17) is 34.8 Å². The fourth-order valence-electron chi connectivity index (χ4n) is 2.39. The van der Waals surface area contributed by atoms with Gasteiger partial charge in [0.2, 0.25) is 0 Å². The lowest BCUT2D eigenvalue weighted by Crippen LogP contribution is -2.19. The molecule has 3 aromatic rings.